The molecule has 0 nitrogen and oxygen atoms in total. The first kappa shape index (κ1) is 36.9. The van der Waals surface area contributed by atoms with Gasteiger partial charge in [0.2, 0.25) is 0 Å². The molecule has 0 radical (unpaired) electrons. The smallest absolute Gasteiger partial charge is 0.166 e. The molecule has 0 spiro atoms. The van der Waals surface area contributed by atoms with Gasteiger partial charge in [-0.1, -0.05) is 24.3 Å². The van der Waals surface area contributed by atoms with Crippen molar-refractivity contribution in [2.75, 3.05) is 0 Å². The first-order valence-electron chi connectivity index (χ1n) is 9.70. The van der Waals surface area contributed by atoms with Crippen LogP contribution in [0, 0.1) is 0 Å². The molecule has 0 fully saturated rings. The van der Waals surface area contributed by atoms with Crippen LogP contribution in [0.1, 0.15) is 59.1 Å². The maximum absolute atomic E-state index is 12.9. The van der Waals surface area contributed by atoms with Crippen molar-refractivity contribution in [3.63, 3.8) is 0 Å². The molecule has 39 heavy (non-hydrogen) atoms. The number of hydrogen-bond acceptors (Lipinski definition) is 0. The second-order valence-corrected chi connectivity index (χ2v) is 7.33. The predicted octanol–water partition coefficient (Wildman–Crippen LogP) is 10.5. The van der Waals surface area contributed by atoms with Crippen molar-refractivity contribution in [1.29, 1.82) is 0 Å². The van der Waals surface area contributed by atoms with E-state index in [1.165, 1.54) is 25.7 Å². The van der Waals surface area contributed by atoms with Crippen molar-refractivity contribution in [2.24, 2.45) is 0 Å². The van der Waals surface area contributed by atoms with Gasteiger partial charge < -0.3 is 0 Å². The predicted molar refractivity (Wildman–Crippen MR) is 93.2 cm³/mol. The molecule has 1 aliphatic rings. The fraction of sp³-hybridized carbons (Fsp3) is 0.500. The average molecular weight is 653 g/mol. The first-order chi connectivity index (χ1) is 16.7. The van der Waals surface area contributed by atoms with Gasteiger partial charge in [-0.15, -0.1) is 0 Å². The molecule has 0 bridgehead atoms. The minimum absolute atomic E-state index is 0. The fourth-order valence-corrected chi connectivity index (χ4v) is 3.31. The van der Waals surface area contributed by atoms with Crippen molar-refractivity contribution < 1.29 is 95.5 Å². The Hall–Kier alpha value is -2.07. The van der Waals surface area contributed by atoms with Gasteiger partial charge in [-0.2, -0.15) is 79.0 Å². The molecule has 1 aromatic carbocycles. The Labute approximate surface area is 216 Å². The summed E-state index contributed by atoms with van der Waals surface area (Å²) in [5.41, 5.74) is -27.6. The van der Waals surface area contributed by atoms with Crippen LogP contribution >= 0.6 is 0 Å². The summed E-state index contributed by atoms with van der Waals surface area (Å²) in [5, 5.41) is 0. The minimum atomic E-state index is -7.24. The van der Waals surface area contributed by atoms with E-state index in [-0.39, 0.29) is 16.5 Å². The number of halogens is 18. The van der Waals surface area contributed by atoms with Crippen molar-refractivity contribution in [3.8, 4) is 0 Å². The number of benzene rings is 1. The van der Waals surface area contributed by atoms with E-state index in [2.05, 4.69) is 24.3 Å². The van der Waals surface area contributed by atoms with Crippen molar-refractivity contribution in [3.05, 3.63) is 57.7 Å². The van der Waals surface area contributed by atoms with Gasteiger partial charge >= 0.3 is 37.1 Å². The van der Waals surface area contributed by atoms with Crippen LogP contribution < -0.4 is 0 Å². The van der Waals surface area contributed by atoms with Gasteiger partial charge in [-0.25, -0.2) is 0 Å². The molecule has 2 rings (SSSR count). The second-order valence-electron chi connectivity index (χ2n) is 7.33. The summed E-state index contributed by atoms with van der Waals surface area (Å²) < 4.78 is 233. The molecule has 0 unspecified atom stereocenters. The Bertz CT molecular complexity index is 802. The normalized spacial score (nSPS) is 17.3. The van der Waals surface area contributed by atoms with E-state index in [1.807, 2.05) is 0 Å². The van der Waals surface area contributed by atoms with Crippen LogP contribution in [0.2, 0.25) is 0 Å². The van der Waals surface area contributed by atoms with Gasteiger partial charge in [0.05, 0.1) is 33.4 Å². The van der Waals surface area contributed by atoms with Crippen LogP contribution in [-0.2, 0) is 53.5 Å². The van der Waals surface area contributed by atoms with Gasteiger partial charge in [0.25, 0.3) is 0 Å². The van der Waals surface area contributed by atoms with Gasteiger partial charge in [0.15, 0.2) is 0 Å². The largest absolute Gasteiger partial charge is 0.417 e. The summed E-state index contributed by atoms with van der Waals surface area (Å²) in [5.74, 6) is 0. The maximum atomic E-state index is 12.9. The van der Waals surface area contributed by atoms with E-state index >= 15 is 0 Å². The van der Waals surface area contributed by atoms with Crippen LogP contribution in [0.3, 0.4) is 0 Å². The molecule has 228 valence electrons. The molecule has 0 saturated heterocycles. The second kappa shape index (κ2) is 12.2. The number of hydrogen-bond donors (Lipinski definition) is 0. The Kier molecular flexibility index (Phi) is 11.6. The third-order valence-corrected chi connectivity index (χ3v) is 4.53. The van der Waals surface area contributed by atoms with Crippen LogP contribution in [0.15, 0.2) is 24.3 Å². The molecular formula is C20H12F18Ni. The molecule has 0 atom stereocenters. The van der Waals surface area contributed by atoms with Gasteiger partial charge in [-0.05, 0) is 25.7 Å². The maximum Gasteiger partial charge on any atom is 0.417 e. The SMILES string of the molecule is C1=C\CC/C=C\CC/1.FC(F)(F)c1c(C(F)(F)F)c(C(F)(F)F)c(C(F)(F)F)c(C(F)(F)F)c1C(F)(F)F.[Ni]. The van der Waals surface area contributed by atoms with E-state index in [0.29, 0.717) is 0 Å². The van der Waals surface area contributed by atoms with Crippen molar-refractivity contribution >= 4 is 0 Å². The first-order valence-corrected chi connectivity index (χ1v) is 9.70. The molecule has 0 aliphatic heterocycles. The molecule has 0 saturated carbocycles. The topological polar surface area (TPSA) is 0 Å². The Morgan fingerprint density at radius 1 is 0.282 bits per heavy atom. The number of rotatable bonds is 0. The van der Waals surface area contributed by atoms with E-state index in [0.717, 1.165) is 0 Å². The molecule has 1 aromatic rings. The van der Waals surface area contributed by atoms with Gasteiger partial charge in [-0.3, -0.25) is 0 Å². The third kappa shape index (κ3) is 9.52. The van der Waals surface area contributed by atoms with E-state index in [1.54, 1.807) is 0 Å². The summed E-state index contributed by atoms with van der Waals surface area (Å²) in [6.07, 6.45) is -29.4. The summed E-state index contributed by atoms with van der Waals surface area (Å²) in [6.45, 7) is 0. The van der Waals surface area contributed by atoms with E-state index < -0.39 is 70.4 Å². The van der Waals surface area contributed by atoms with Gasteiger partial charge in [0.1, 0.15) is 0 Å². The van der Waals surface area contributed by atoms with Crippen LogP contribution in [0.25, 0.3) is 0 Å². The Morgan fingerprint density at radius 3 is 0.462 bits per heavy atom. The summed E-state index contributed by atoms with van der Waals surface area (Å²) in [7, 11) is 0. The molecule has 0 aromatic heterocycles. The van der Waals surface area contributed by atoms with E-state index in [9.17, 15) is 79.0 Å². The molecule has 1 aliphatic carbocycles. The molecule has 19 heteroatoms. The zero-order valence-electron chi connectivity index (χ0n) is 18.3. The standard InChI is InChI=1S/C12F18.C8H12.Ni/c13-7(14,15)1-2(8(16,17)18)4(10(22,23)24)6(12(28,29)30)5(11(25,26)27)3(1)9(19,20)21;1-2-4-6-8-7-5-3-1;/h;1-2,7-8H,3-6H2;/b;2-1-,8-7-;. The quantitative estimate of drug-likeness (QED) is 0.149. The molecule has 0 N–H and O–H groups in total. The Balaban J connectivity index is 0.00000136. The van der Waals surface area contributed by atoms with Gasteiger partial charge in [0, 0.05) is 16.5 Å². The minimum Gasteiger partial charge on any atom is -0.166 e. The van der Waals surface area contributed by atoms with Crippen LogP contribution in [-0.4, -0.2) is 0 Å². The summed E-state index contributed by atoms with van der Waals surface area (Å²) in [6, 6.07) is 0. The zero-order valence-corrected chi connectivity index (χ0v) is 19.2. The Morgan fingerprint density at radius 2 is 0.385 bits per heavy atom. The molecule has 0 heterocycles. The van der Waals surface area contributed by atoms with E-state index in [4.69, 9.17) is 0 Å². The average Bonchev–Trinajstić information content (AvgIpc) is 2.61. The fourth-order valence-electron chi connectivity index (χ4n) is 3.31. The summed E-state index contributed by atoms with van der Waals surface area (Å²) in [4.78, 5) is 0. The number of alkyl halides is 18. The molecule has 0 amide bonds. The van der Waals surface area contributed by atoms with Crippen molar-refractivity contribution in [1.82, 2.24) is 0 Å². The monoisotopic (exact) mass is 652 g/mol. The zero-order chi connectivity index (χ0) is 30.1. The van der Waals surface area contributed by atoms with Crippen LogP contribution in [0.5, 0.6) is 0 Å². The van der Waals surface area contributed by atoms with Crippen LogP contribution in [0.4, 0.5) is 79.0 Å². The number of allylic oxidation sites excluding steroid dienone is 4. The summed E-state index contributed by atoms with van der Waals surface area (Å²) >= 11 is 0. The third-order valence-electron chi connectivity index (χ3n) is 4.53. The molecular weight excluding hydrogens is 641 g/mol. The van der Waals surface area contributed by atoms with Crippen molar-refractivity contribution in [2.45, 2.75) is 62.7 Å².